The van der Waals surface area contributed by atoms with E-state index < -0.39 is 50.2 Å². The second-order valence-corrected chi connectivity index (χ2v) is 11.0. The van der Waals surface area contributed by atoms with Crippen molar-refractivity contribution in [3.05, 3.63) is 83.4 Å². The van der Waals surface area contributed by atoms with Gasteiger partial charge in [0.25, 0.3) is 7.44 Å². The Labute approximate surface area is 215 Å². The van der Waals surface area contributed by atoms with E-state index in [0.717, 1.165) is 6.08 Å². The first-order chi connectivity index (χ1) is 17.5. The van der Waals surface area contributed by atoms with Crippen molar-refractivity contribution >= 4 is 19.4 Å². The molecule has 11 heteroatoms. The number of esters is 2. The van der Waals surface area contributed by atoms with E-state index in [1.165, 1.54) is 20.8 Å². The summed E-state index contributed by atoms with van der Waals surface area (Å²) in [5.41, 5.74) is -2.30. The Bertz CT molecular complexity index is 1030. The molecule has 0 amide bonds. The van der Waals surface area contributed by atoms with Gasteiger partial charge >= 0.3 is 17.6 Å². The average Bonchev–Trinajstić information content (AvgIpc) is 2.89. The number of ether oxygens (including phenoxy) is 2. The van der Waals surface area contributed by atoms with Crippen LogP contribution in [-0.2, 0) is 36.8 Å². The fourth-order valence-electron chi connectivity index (χ4n) is 3.07. The first-order valence-electron chi connectivity index (χ1n) is 11.7. The third-order valence-electron chi connectivity index (χ3n) is 5.31. The van der Waals surface area contributed by atoms with Crippen LogP contribution in [0.15, 0.2) is 72.3 Å². The van der Waals surface area contributed by atoms with E-state index in [1.807, 2.05) is 0 Å². The number of aliphatic hydroxyl groups excluding tert-OH is 1. The molecule has 8 nitrogen and oxygen atoms in total. The van der Waals surface area contributed by atoms with Crippen LogP contribution in [0.1, 0.15) is 38.3 Å². The molecule has 0 saturated heterocycles. The molecule has 0 aromatic heterocycles. The number of hydrogen-bond acceptors (Lipinski definition) is 6. The van der Waals surface area contributed by atoms with Gasteiger partial charge in [-0.05, 0) is 31.9 Å². The molecule has 0 aliphatic heterocycles. The van der Waals surface area contributed by atoms with Crippen molar-refractivity contribution in [2.75, 3.05) is 6.61 Å². The highest BCUT2D eigenvalue weighted by Crippen LogP contribution is 2.56. The summed E-state index contributed by atoms with van der Waals surface area (Å²) in [4.78, 5) is 25.0. The Morgan fingerprint density at radius 2 is 1.32 bits per heavy atom. The molecule has 3 N–H and O–H groups in total. The fraction of sp³-hybridized carbons (Fsp3) is 0.385. The number of hydrogen-bond donors (Lipinski definition) is 3. The monoisotopic (exact) mass is 538 g/mol. The van der Waals surface area contributed by atoms with Gasteiger partial charge in [-0.15, -0.1) is 0 Å². The number of carbonyl (C=O) groups excluding carboxylic acids is 2. The standard InChI is InChI=1S/C26H33F2N2O6P/c1-19(16-31)14-15-26(27,28)37(34,29-20(2)24(32)35-17-22-10-6-4-7-11-22)30-21(3)25(33)36-18-23-12-8-5-9-13-23/h4-14,20-21,31H,15-18H2,1-3H3,(H2,29,30,34)/b19-14+/t20-,21-/m0/s1. The fourth-order valence-corrected chi connectivity index (χ4v) is 5.18. The maximum atomic E-state index is 15.3. The van der Waals surface area contributed by atoms with Gasteiger partial charge in [0.05, 0.1) is 6.61 Å². The highest BCUT2D eigenvalue weighted by atomic mass is 31.2. The van der Waals surface area contributed by atoms with Crippen LogP contribution < -0.4 is 10.2 Å². The number of aliphatic hydroxyl groups is 1. The Balaban J connectivity index is 2.15. The number of benzene rings is 2. The Morgan fingerprint density at radius 3 is 1.70 bits per heavy atom. The first kappa shape index (κ1) is 30.3. The van der Waals surface area contributed by atoms with Gasteiger partial charge in [-0.2, -0.15) is 8.78 Å². The quantitative estimate of drug-likeness (QED) is 0.183. The molecule has 0 saturated carbocycles. The lowest BCUT2D eigenvalue weighted by atomic mass is 10.2. The highest BCUT2D eigenvalue weighted by Gasteiger charge is 2.52. The Hall–Kier alpha value is -2.91. The summed E-state index contributed by atoms with van der Waals surface area (Å²) >= 11 is 0. The van der Waals surface area contributed by atoms with Crippen molar-refractivity contribution in [1.29, 1.82) is 0 Å². The topological polar surface area (TPSA) is 114 Å². The molecule has 2 atom stereocenters. The molecule has 0 fully saturated rings. The van der Waals surface area contributed by atoms with Crippen molar-refractivity contribution < 1.29 is 37.5 Å². The van der Waals surface area contributed by atoms with E-state index in [1.54, 1.807) is 60.7 Å². The van der Waals surface area contributed by atoms with Gasteiger partial charge in [0.2, 0.25) is 0 Å². The predicted octanol–water partition coefficient (Wildman–Crippen LogP) is 4.54. The lowest BCUT2D eigenvalue weighted by Gasteiger charge is -2.31. The number of rotatable bonds is 14. The minimum atomic E-state index is -4.96. The zero-order valence-corrected chi connectivity index (χ0v) is 21.9. The van der Waals surface area contributed by atoms with Crippen LogP contribution in [0.2, 0.25) is 0 Å². The molecule has 2 aromatic rings. The van der Waals surface area contributed by atoms with E-state index in [-0.39, 0.29) is 18.8 Å². The predicted molar refractivity (Wildman–Crippen MR) is 136 cm³/mol. The number of nitrogens with one attached hydrogen (secondary N) is 2. The molecule has 37 heavy (non-hydrogen) atoms. The molecule has 2 rings (SSSR count). The van der Waals surface area contributed by atoms with Crippen molar-refractivity contribution in [2.45, 2.75) is 58.2 Å². The van der Waals surface area contributed by atoms with Crippen LogP contribution in [0.25, 0.3) is 0 Å². The molecule has 0 aliphatic carbocycles. The van der Waals surface area contributed by atoms with E-state index in [4.69, 9.17) is 14.6 Å². The van der Waals surface area contributed by atoms with Crippen LogP contribution in [0.3, 0.4) is 0 Å². The van der Waals surface area contributed by atoms with Gasteiger partial charge in [-0.3, -0.25) is 14.2 Å². The largest absolute Gasteiger partial charge is 0.460 e. The lowest BCUT2D eigenvalue weighted by Crippen LogP contribution is -2.46. The minimum Gasteiger partial charge on any atom is -0.460 e. The van der Waals surface area contributed by atoms with Crippen molar-refractivity contribution in [3.8, 4) is 0 Å². The Morgan fingerprint density at radius 1 is 0.919 bits per heavy atom. The van der Waals surface area contributed by atoms with Crippen LogP contribution in [0.4, 0.5) is 8.78 Å². The molecule has 0 spiro atoms. The maximum absolute atomic E-state index is 15.3. The van der Waals surface area contributed by atoms with Crippen molar-refractivity contribution in [2.24, 2.45) is 0 Å². The zero-order valence-electron chi connectivity index (χ0n) is 21.0. The van der Waals surface area contributed by atoms with Crippen LogP contribution in [0, 0.1) is 0 Å². The van der Waals surface area contributed by atoms with Gasteiger partial charge in [0.15, 0.2) is 0 Å². The van der Waals surface area contributed by atoms with Gasteiger partial charge in [-0.1, -0.05) is 72.3 Å². The van der Waals surface area contributed by atoms with Crippen LogP contribution >= 0.6 is 7.44 Å². The van der Waals surface area contributed by atoms with E-state index in [9.17, 15) is 14.2 Å². The summed E-state index contributed by atoms with van der Waals surface area (Å²) in [5.74, 6) is -1.80. The third kappa shape index (κ3) is 9.48. The van der Waals surface area contributed by atoms with Gasteiger partial charge in [0, 0.05) is 6.42 Å². The number of carbonyl (C=O) groups is 2. The molecule has 0 unspecified atom stereocenters. The summed E-state index contributed by atoms with van der Waals surface area (Å²) in [6.45, 7) is 3.28. The molecule has 0 aliphatic rings. The van der Waals surface area contributed by atoms with Gasteiger partial charge in [-0.25, -0.2) is 10.2 Å². The summed E-state index contributed by atoms with van der Waals surface area (Å²) in [6.07, 6.45) is 0.0427. The third-order valence-corrected chi connectivity index (χ3v) is 7.92. The molecular weight excluding hydrogens is 505 g/mol. The second-order valence-electron chi connectivity index (χ2n) is 8.58. The molecule has 0 heterocycles. The normalized spacial score (nSPS) is 14.1. The molecule has 0 radical (unpaired) electrons. The number of allylic oxidation sites excluding steroid dienone is 1. The summed E-state index contributed by atoms with van der Waals surface area (Å²) in [7, 11) is -4.96. The molecule has 0 bridgehead atoms. The molecular formula is C26H33F2N2O6P. The smallest absolute Gasteiger partial charge is 0.327 e. The summed E-state index contributed by atoms with van der Waals surface area (Å²) in [5, 5.41) is 13.5. The van der Waals surface area contributed by atoms with Crippen molar-refractivity contribution in [1.82, 2.24) is 10.2 Å². The Kier molecular flexibility index (Phi) is 11.6. The van der Waals surface area contributed by atoms with Crippen LogP contribution in [0.5, 0.6) is 0 Å². The maximum Gasteiger partial charge on any atom is 0.327 e. The zero-order chi connectivity index (χ0) is 27.5. The molecule has 2 aromatic carbocycles. The minimum absolute atomic E-state index is 0.0968. The van der Waals surface area contributed by atoms with E-state index in [2.05, 4.69) is 10.2 Å². The number of halogens is 2. The molecule has 202 valence electrons. The highest BCUT2D eigenvalue weighted by molar-refractivity contribution is 7.61. The second kappa shape index (κ2) is 14.1. The van der Waals surface area contributed by atoms with E-state index >= 15 is 8.78 Å². The first-order valence-corrected chi connectivity index (χ1v) is 13.4. The lowest BCUT2D eigenvalue weighted by molar-refractivity contribution is -0.147. The van der Waals surface area contributed by atoms with Crippen LogP contribution in [-0.4, -0.2) is 41.4 Å². The summed E-state index contributed by atoms with van der Waals surface area (Å²) < 4.78 is 54.6. The SMILES string of the molecule is C/C(=C\CC(F)(F)P(=O)(N[C@@H](C)C(=O)OCc1ccccc1)N[C@@H](C)C(=O)OCc1ccccc1)CO. The number of alkyl halides is 2. The van der Waals surface area contributed by atoms with Gasteiger partial charge in [0.1, 0.15) is 25.3 Å². The van der Waals surface area contributed by atoms with E-state index in [0.29, 0.717) is 11.1 Å². The average molecular weight is 539 g/mol. The summed E-state index contributed by atoms with van der Waals surface area (Å²) in [6, 6.07) is 14.7. The van der Waals surface area contributed by atoms with Crippen molar-refractivity contribution in [3.63, 3.8) is 0 Å². The van der Waals surface area contributed by atoms with Gasteiger partial charge < -0.3 is 14.6 Å².